The zero-order valence-electron chi connectivity index (χ0n) is 16.6. The van der Waals surface area contributed by atoms with Gasteiger partial charge in [0.25, 0.3) is 0 Å². The first-order valence-corrected chi connectivity index (χ1v) is 9.54. The summed E-state index contributed by atoms with van der Waals surface area (Å²) in [6.07, 6.45) is 5.56. The van der Waals surface area contributed by atoms with E-state index in [0.29, 0.717) is 6.54 Å². The van der Waals surface area contributed by atoms with Crippen LogP contribution in [0.15, 0.2) is 35.7 Å². The fraction of sp³-hybridized carbons (Fsp3) is 0.526. The SMILES string of the molecule is CCNC(=NCc1ccc(-n2ccnc2C)nc1)NCCN1CCOCC1.I. The van der Waals surface area contributed by atoms with Gasteiger partial charge in [0.15, 0.2) is 5.96 Å². The number of rotatable bonds is 7. The van der Waals surface area contributed by atoms with Crippen molar-refractivity contribution >= 4 is 29.9 Å². The molecule has 0 amide bonds. The molecule has 0 atom stereocenters. The summed E-state index contributed by atoms with van der Waals surface area (Å²) in [6, 6.07) is 4.06. The van der Waals surface area contributed by atoms with E-state index in [1.165, 1.54) is 0 Å². The number of guanidine groups is 1. The number of nitrogens with one attached hydrogen (secondary N) is 2. The molecule has 1 fully saturated rings. The third kappa shape index (κ3) is 6.71. The molecule has 28 heavy (non-hydrogen) atoms. The van der Waals surface area contributed by atoms with Crippen molar-refractivity contribution in [1.82, 2.24) is 30.1 Å². The summed E-state index contributed by atoms with van der Waals surface area (Å²) in [5.41, 5.74) is 1.07. The fourth-order valence-electron chi connectivity index (χ4n) is 2.94. The molecule has 2 aromatic heterocycles. The highest BCUT2D eigenvalue weighted by Crippen LogP contribution is 2.09. The summed E-state index contributed by atoms with van der Waals surface area (Å²) in [5, 5.41) is 6.70. The summed E-state index contributed by atoms with van der Waals surface area (Å²) in [7, 11) is 0. The molecule has 154 valence electrons. The lowest BCUT2D eigenvalue weighted by Crippen LogP contribution is -2.44. The van der Waals surface area contributed by atoms with Crippen LogP contribution in [0.2, 0.25) is 0 Å². The zero-order chi connectivity index (χ0) is 18.9. The van der Waals surface area contributed by atoms with Crippen LogP contribution in [-0.4, -0.2) is 71.3 Å². The van der Waals surface area contributed by atoms with E-state index in [1.807, 2.05) is 30.0 Å². The maximum absolute atomic E-state index is 5.38. The monoisotopic (exact) mass is 499 g/mol. The van der Waals surface area contributed by atoms with Crippen LogP contribution in [0.4, 0.5) is 0 Å². The first kappa shape index (κ1) is 22.6. The van der Waals surface area contributed by atoms with E-state index in [9.17, 15) is 0 Å². The van der Waals surface area contributed by atoms with E-state index in [0.717, 1.165) is 69.1 Å². The Morgan fingerprint density at radius 1 is 1.21 bits per heavy atom. The van der Waals surface area contributed by atoms with Crippen LogP contribution in [0.1, 0.15) is 18.3 Å². The van der Waals surface area contributed by atoms with E-state index in [-0.39, 0.29) is 24.0 Å². The molecule has 0 radical (unpaired) electrons. The molecular weight excluding hydrogens is 469 g/mol. The largest absolute Gasteiger partial charge is 0.379 e. The van der Waals surface area contributed by atoms with Crippen molar-refractivity contribution in [3.63, 3.8) is 0 Å². The predicted molar refractivity (Wildman–Crippen MR) is 122 cm³/mol. The molecule has 1 saturated heterocycles. The third-order valence-corrected chi connectivity index (χ3v) is 4.47. The maximum Gasteiger partial charge on any atom is 0.191 e. The predicted octanol–water partition coefficient (Wildman–Crippen LogP) is 1.58. The van der Waals surface area contributed by atoms with Crippen LogP contribution < -0.4 is 10.6 Å². The number of ether oxygens (including phenoxy) is 1. The standard InChI is InChI=1S/C19H29N7O.HI/c1-3-20-19(22-6-8-25-10-12-27-13-11-25)24-15-17-4-5-18(23-14-17)26-9-7-21-16(26)2;/h4-5,7,9,14H,3,6,8,10-13,15H2,1-2H3,(H2,20,22,24);1H. The van der Waals surface area contributed by atoms with Gasteiger partial charge in [-0.15, -0.1) is 24.0 Å². The van der Waals surface area contributed by atoms with Crippen LogP contribution in [-0.2, 0) is 11.3 Å². The smallest absolute Gasteiger partial charge is 0.191 e. The van der Waals surface area contributed by atoms with Crippen molar-refractivity contribution in [2.75, 3.05) is 45.9 Å². The molecule has 0 saturated carbocycles. The maximum atomic E-state index is 5.38. The van der Waals surface area contributed by atoms with Gasteiger partial charge in [-0.1, -0.05) is 6.07 Å². The first-order valence-electron chi connectivity index (χ1n) is 9.54. The van der Waals surface area contributed by atoms with Crippen molar-refractivity contribution < 1.29 is 4.74 Å². The minimum atomic E-state index is 0. The number of nitrogens with zero attached hydrogens (tertiary/aromatic N) is 5. The van der Waals surface area contributed by atoms with Crippen LogP contribution >= 0.6 is 24.0 Å². The molecular formula is C19H30IN7O. The summed E-state index contributed by atoms with van der Waals surface area (Å²) in [6.45, 7) is 11.0. The number of aryl methyl sites for hydroxylation is 1. The lowest BCUT2D eigenvalue weighted by Gasteiger charge is -2.26. The molecule has 1 aliphatic heterocycles. The van der Waals surface area contributed by atoms with E-state index in [2.05, 4.69) is 43.5 Å². The van der Waals surface area contributed by atoms with E-state index in [4.69, 9.17) is 4.74 Å². The van der Waals surface area contributed by atoms with Crippen LogP contribution in [0.25, 0.3) is 5.82 Å². The van der Waals surface area contributed by atoms with Gasteiger partial charge in [0.2, 0.25) is 0 Å². The molecule has 0 unspecified atom stereocenters. The molecule has 0 spiro atoms. The van der Waals surface area contributed by atoms with Gasteiger partial charge in [0.05, 0.1) is 19.8 Å². The second kappa shape index (κ2) is 12.0. The van der Waals surface area contributed by atoms with Gasteiger partial charge >= 0.3 is 0 Å². The fourth-order valence-corrected chi connectivity index (χ4v) is 2.94. The van der Waals surface area contributed by atoms with Crippen LogP contribution in [0.5, 0.6) is 0 Å². The van der Waals surface area contributed by atoms with Gasteiger partial charge < -0.3 is 15.4 Å². The van der Waals surface area contributed by atoms with Crippen molar-refractivity contribution in [2.24, 2.45) is 4.99 Å². The van der Waals surface area contributed by atoms with E-state index < -0.39 is 0 Å². The molecule has 8 nitrogen and oxygen atoms in total. The Labute approximate surface area is 183 Å². The number of pyridine rings is 1. The summed E-state index contributed by atoms with van der Waals surface area (Å²) in [4.78, 5) is 15.8. The van der Waals surface area contributed by atoms with Crippen LogP contribution in [0, 0.1) is 6.92 Å². The summed E-state index contributed by atoms with van der Waals surface area (Å²) in [5.74, 6) is 2.63. The Hall–Kier alpha value is -1.72. The van der Waals surface area contributed by atoms with Gasteiger partial charge in [-0.05, 0) is 25.5 Å². The lowest BCUT2D eigenvalue weighted by atomic mass is 10.3. The van der Waals surface area contributed by atoms with Crippen LogP contribution in [0.3, 0.4) is 0 Å². The first-order chi connectivity index (χ1) is 13.3. The summed E-state index contributed by atoms with van der Waals surface area (Å²) >= 11 is 0. The Kier molecular flexibility index (Phi) is 9.65. The van der Waals surface area contributed by atoms with Gasteiger partial charge in [0.1, 0.15) is 11.6 Å². The number of morpholine rings is 1. The number of imidazole rings is 1. The Morgan fingerprint density at radius 3 is 2.68 bits per heavy atom. The molecule has 3 heterocycles. The highest BCUT2D eigenvalue weighted by molar-refractivity contribution is 14.0. The minimum absolute atomic E-state index is 0. The van der Waals surface area contributed by atoms with Gasteiger partial charge in [-0.25, -0.2) is 15.0 Å². The number of hydrogen-bond acceptors (Lipinski definition) is 5. The molecule has 3 rings (SSSR count). The quantitative estimate of drug-likeness (QED) is 0.342. The second-order valence-electron chi connectivity index (χ2n) is 6.45. The van der Waals surface area contributed by atoms with Gasteiger partial charge in [-0.2, -0.15) is 0 Å². The molecule has 1 aliphatic rings. The highest BCUT2D eigenvalue weighted by atomic mass is 127. The third-order valence-electron chi connectivity index (χ3n) is 4.47. The molecule has 9 heteroatoms. The minimum Gasteiger partial charge on any atom is -0.379 e. The normalized spacial score (nSPS) is 15.1. The van der Waals surface area contributed by atoms with Crippen molar-refractivity contribution in [2.45, 2.75) is 20.4 Å². The molecule has 0 aliphatic carbocycles. The van der Waals surface area contributed by atoms with Crippen molar-refractivity contribution in [3.8, 4) is 5.82 Å². The Bertz CT molecular complexity index is 726. The Balaban J connectivity index is 0.00000280. The lowest BCUT2D eigenvalue weighted by molar-refractivity contribution is 0.0389. The van der Waals surface area contributed by atoms with E-state index in [1.54, 1.807) is 6.20 Å². The average molecular weight is 499 g/mol. The zero-order valence-corrected chi connectivity index (χ0v) is 18.9. The number of hydrogen-bond donors (Lipinski definition) is 2. The molecule has 0 aromatic carbocycles. The molecule has 2 aromatic rings. The van der Waals surface area contributed by atoms with Crippen molar-refractivity contribution in [1.29, 1.82) is 0 Å². The van der Waals surface area contributed by atoms with Gasteiger partial charge in [-0.3, -0.25) is 9.47 Å². The number of halogens is 1. The number of aliphatic imine (C=N–C) groups is 1. The van der Waals surface area contributed by atoms with Gasteiger partial charge in [0, 0.05) is 51.3 Å². The second-order valence-corrected chi connectivity index (χ2v) is 6.45. The average Bonchev–Trinajstić information content (AvgIpc) is 3.13. The molecule has 0 bridgehead atoms. The summed E-state index contributed by atoms with van der Waals surface area (Å²) < 4.78 is 7.35. The topological polar surface area (TPSA) is 79.6 Å². The highest BCUT2D eigenvalue weighted by Gasteiger charge is 2.09. The Morgan fingerprint density at radius 2 is 2.04 bits per heavy atom. The number of aromatic nitrogens is 3. The molecule has 2 N–H and O–H groups in total. The van der Waals surface area contributed by atoms with E-state index >= 15 is 0 Å². The van der Waals surface area contributed by atoms with Crippen molar-refractivity contribution in [3.05, 3.63) is 42.1 Å².